The first-order valence-electron chi connectivity index (χ1n) is 8.86. The van der Waals surface area contributed by atoms with Crippen LogP contribution in [0, 0.1) is 0 Å². The maximum Gasteiger partial charge on any atom is 0.338 e. The van der Waals surface area contributed by atoms with Crippen molar-refractivity contribution < 1.29 is 14.3 Å². The van der Waals surface area contributed by atoms with E-state index in [1.165, 1.54) is 5.56 Å². The van der Waals surface area contributed by atoms with Crippen LogP contribution >= 0.6 is 11.3 Å². The number of aromatic nitrogens is 1. The van der Waals surface area contributed by atoms with Gasteiger partial charge in [0.1, 0.15) is 11.6 Å². The highest BCUT2D eigenvalue weighted by Crippen LogP contribution is 2.26. The van der Waals surface area contributed by atoms with Gasteiger partial charge in [-0.3, -0.25) is 0 Å². The summed E-state index contributed by atoms with van der Waals surface area (Å²) in [5, 5.41) is 2.86. The Hall–Kier alpha value is -2.50. The molecule has 0 atom stereocenters. The first-order valence-corrected chi connectivity index (χ1v) is 9.74. The van der Waals surface area contributed by atoms with Gasteiger partial charge in [-0.15, -0.1) is 11.3 Å². The molecule has 0 unspecified atom stereocenters. The predicted molar refractivity (Wildman–Crippen MR) is 108 cm³/mol. The summed E-state index contributed by atoms with van der Waals surface area (Å²) in [4.78, 5) is 16.9. The zero-order valence-electron chi connectivity index (χ0n) is 15.8. The van der Waals surface area contributed by atoms with E-state index in [-0.39, 0.29) is 12.6 Å². The van der Waals surface area contributed by atoms with Crippen molar-refractivity contribution in [2.24, 2.45) is 0 Å². The summed E-state index contributed by atoms with van der Waals surface area (Å²) >= 11 is 1.55. The molecule has 5 heteroatoms. The van der Waals surface area contributed by atoms with Gasteiger partial charge in [-0.2, -0.15) is 0 Å². The summed E-state index contributed by atoms with van der Waals surface area (Å²) in [7, 11) is 1.63. The number of benzene rings is 2. The highest BCUT2D eigenvalue weighted by molar-refractivity contribution is 7.13. The Kier molecular flexibility index (Phi) is 6.37. The monoisotopic (exact) mass is 381 g/mol. The van der Waals surface area contributed by atoms with Gasteiger partial charge in [-0.05, 0) is 29.2 Å². The van der Waals surface area contributed by atoms with Crippen molar-refractivity contribution in [2.75, 3.05) is 7.11 Å². The maximum atomic E-state index is 12.3. The predicted octanol–water partition coefficient (Wildman–Crippen LogP) is 5.44. The Labute approximate surface area is 163 Å². The van der Waals surface area contributed by atoms with E-state index in [2.05, 4.69) is 43.1 Å². The first-order chi connectivity index (χ1) is 13.1. The first kappa shape index (κ1) is 19.3. The molecular weight excluding hydrogens is 358 g/mol. The van der Waals surface area contributed by atoms with Gasteiger partial charge in [0, 0.05) is 18.1 Å². The van der Waals surface area contributed by atoms with Crippen LogP contribution in [0.4, 0.5) is 0 Å². The lowest BCUT2D eigenvalue weighted by Gasteiger charge is -2.06. The summed E-state index contributed by atoms with van der Waals surface area (Å²) in [6.45, 7) is 4.98. The SMILES string of the molecule is COCc1cccc(C(=O)OCc2csc(-c3ccc(C(C)C)cc3)n2)c1. The highest BCUT2D eigenvalue weighted by Gasteiger charge is 2.11. The number of rotatable bonds is 7. The number of carbonyl (C=O) groups excluding carboxylic acids is 1. The molecule has 140 valence electrons. The second kappa shape index (κ2) is 8.93. The van der Waals surface area contributed by atoms with Crippen LogP contribution in [-0.4, -0.2) is 18.1 Å². The van der Waals surface area contributed by atoms with Gasteiger partial charge >= 0.3 is 5.97 Å². The average Bonchev–Trinajstić information content (AvgIpc) is 3.16. The Bertz CT molecular complexity index is 900. The Morgan fingerprint density at radius 2 is 1.89 bits per heavy atom. The summed E-state index contributed by atoms with van der Waals surface area (Å²) in [6.07, 6.45) is 0. The van der Waals surface area contributed by atoms with Crippen molar-refractivity contribution in [3.05, 3.63) is 76.3 Å². The molecule has 0 radical (unpaired) electrons. The van der Waals surface area contributed by atoms with Gasteiger partial charge in [-0.1, -0.05) is 50.2 Å². The molecule has 0 bridgehead atoms. The number of ether oxygens (including phenoxy) is 2. The van der Waals surface area contributed by atoms with Crippen LogP contribution in [0.1, 0.15) is 46.9 Å². The van der Waals surface area contributed by atoms with E-state index in [1.54, 1.807) is 30.6 Å². The van der Waals surface area contributed by atoms with Crippen molar-refractivity contribution in [3.8, 4) is 10.6 Å². The molecule has 4 nitrogen and oxygen atoms in total. The Balaban J connectivity index is 1.62. The third kappa shape index (κ3) is 5.02. The highest BCUT2D eigenvalue weighted by atomic mass is 32.1. The number of esters is 1. The number of hydrogen-bond donors (Lipinski definition) is 0. The summed E-state index contributed by atoms with van der Waals surface area (Å²) in [5.74, 6) is 0.150. The molecule has 27 heavy (non-hydrogen) atoms. The quantitative estimate of drug-likeness (QED) is 0.512. The molecule has 0 saturated heterocycles. The fourth-order valence-electron chi connectivity index (χ4n) is 2.69. The lowest BCUT2D eigenvalue weighted by atomic mass is 10.0. The molecule has 0 aliphatic carbocycles. The zero-order chi connectivity index (χ0) is 19.2. The van der Waals surface area contributed by atoms with Gasteiger partial charge < -0.3 is 9.47 Å². The van der Waals surface area contributed by atoms with E-state index < -0.39 is 0 Å². The van der Waals surface area contributed by atoms with Crippen molar-refractivity contribution in [2.45, 2.75) is 33.0 Å². The topological polar surface area (TPSA) is 48.4 Å². The fraction of sp³-hybridized carbons (Fsp3) is 0.273. The lowest BCUT2D eigenvalue weighted by molar-refractivity contribution is 0.0468. The van der Waals surface area contributed by atoms with E-state index in [1.807, 2.05) is 17.5 Å². The van der Waals surface area contributed by atoms with Crippen molar-refractivity contribution in [1.82, 2.24) is 4.98 Å². The lowest BCUT2D eigenvalue weighted by Crippen LogP contribution is -2.06. The smallest absolute Gasteiger partial charge is 0.338 e. The molecule has 1 aromatic heterocycles. The van der Waals surface area contributed by atoms with Crippen LogP contribution < -0.4 is 0 Å². The van der Waals surface area contributed by atoms with Crippen molar-refractivity contribution in [1.29, 1.82) is 0 Å². The summed E-state index contributed by atoms with van der Waals surface area (Å²) in [6, 6.07) is 15.7. The Morgan fingerprint density at radius 3 is 2.59 bits per heavy atom. The number of thiazole rings is 1. The van der Waals surface area contributed by atoms with Gasteiger partial charge in [0.2, 0.25) is 0 Å². The Morgan fingerprint density at radius 1 is 1.11 bits per heavy atom. The molecule has 0 spiro atoms. The molecule has 2 aromatic carbocycles. The summed E-state index contributed by atoms with van der Waals surface area (Å²) in [5.41, 5.74) is 4.59. The average molecular weight is 381 g/mol. The van der Waals surface area contributed by atoms with Crippen molar-refractivity contribution >= 4 is 17.3 Å². The number of methoxy groups -OCH3 is 1. The normalized spacial score (nSPS) is 11.0. The zero-order valence-corrected chi connectivity index (χ0v) is 16.6. The molecule has 0 amide bonds. The van der Waals surface area contributed by atoms with Gasteiger partial charge in [0.15, 0.2) is 0 Å². The molecule has 0 aliphatic rings. The number of nitrogens with zero attached hydrogens (tertiary/aromatic N) is 1. The van der Waals surface area contributed by atoms with E-state index >= 15 is 0 Å². The van der Waals surface area contributed by atoms with E-state index in [4.69, 9.17) is 9.47 Å². The minimum absolute atomic E-state index is 0.161. The van der Waals surface area contributed by atoms with Crippen LogP contribution in [0.5, 0.6) is 0 Å². The van der Waals surface area contributed by atoms with Crippen LogP contribution in [0.3, 0.4) is 0 Å². The van der Waals surface area contributed by atoms with Gasteiger partial charge in [0.05, 0.1) is 17.9 Å². The second-order valence-corrected chi connectivity index (χ2v) is 7.49. The third-order valence-electron chi connectivity index (χ3n) is 4.20. The molecule has 3 aromatic rings. The minimum Gasteiger partial charge on any atom is -0.456 e. The van der Waals surface area contributed by atoms with E-state index in [0.717, 1.165) is 21.8 Å². The second-order valence-electron chi connectivity index (χ2n) is 6.63. The number of carbonyl (C=O) groups is 1. The molecule has 0 aliphatic heterocycles. The largest absolute Gasteiger partial charge is 0.456 e. The molecular formula is C22H23NO3S. The van der Waals surface area contributed by atoms with Crippen LogP contribution in [0.25, 0.3) is 10.6 Å². The molecule has 0 fully saturated rings. The van der Waals surface area contributed by atoms with Crippen LogP contribution in [-0.2, 0) is 22.7 Å². The van der Waals surface area contributed by atoms with Crippen molar-refractivity contribution in [3.63, 3.8) is 0 Å². The van der Waals surface area contributed by atoms with E-state index in [0.29, 0.717) is 18.1 Å². The fourth-order valence-corrected chi connectivity index (χ4v) is 3.50. The minimum atomic E-state index is -0.358. The summed E-state index contributed by atoms with van der Waals surface area (Å²) < 4.78 is 10.5. The standard InChI is InChI=1S/C22H23NO3S/c1-15(2)17-7-9-18(10-8-17)21-23-20(14-27-21)13-26-22(24)19-6-4-5-16(11-19)12-25-3/h4-11,14-15H,12-13H2,1-3H3. The van der Waals surface area contributed by atoms with Crippen LogP contribution in [0.2, 0.25) is 0 Å². The number of hydrogen-bond acceptors (Lipinski definition) is 5. The van der Waals surface area contributed by atoms with Gasteiger partial charge in [-0.25, -0.2) is 9.78 Å². The third-order valence-corrected chi connectivity index (χ3v) is 5.14. The van der Waals surface area contributed by atoms with Crippen LogP contribution in [0.15, 0.2) is 53.9 Å². The molecule has 0 saturated carbocycles. The maximum absolute atomic E-state index is 12.3. The molecule has 1 heterocycles. The molecule has 3 rings (SSSR count). The van der Waals surface area contributed by atoms with Gasteiger partial charge in [0.25, 0.3) is 0 Å². The molecule has 0 N–H and O–H groups in total. The van der Waals surface area contributed by atoms with E-state index in [9.17, 15) is 4.79 Å².